The van der Waals surface area contributed by atoms with E-state index in [1.165, 1.54) is 0 Å². The Morgan fingerprint density at radius 3 is 1.73 bits per heavy atom. The second kappa shape index (κ2) is 4.26. The van der Waals surface area contributed by atoms with Crippen molar-refractivity contribution in [3.63, 3.8) is 0 Å². The predicted octanol–water partition coefficient (Wildman–Crippen LogP) is 3.80. The lowest BCUT2D eigenvalue weighted by atomic mass is 10.5. The quantitative estimate of drug-likeness (QED) is 0.344. The minimum absolute atomic E-state index is 0.737. The average molecular weight is 172 g/mol. The molecule has 0 aliphatic carbocycles. The van der Waals surface area contributed by atoms with Crippen molar-refractivity contribution in [3.8, 4) is 0 Å². The fourth-order valence-electron chi connectivity index (χ4n) is 1.26. The van der Waals surface area contributed by atoms with Crippen LogP contribution in [0.15, 0.2) is 12.7 Å². The topological polar surface area (TPSA) is 0 Å². The molecule has 0 bridgehead atoms. The largest absolute Gasteiger partial charge is 0.179 e. The summed E-state index contributed by atoms with van der Waals surface area (Å²) in [5, 5.41) is 0. The molecule has 0 unspecified atom stereocenters. The summed E-state index contributed by atoms with van der Waals surface area (Å²) in [7, 11) is -0.981. The molecule has 11 heavy (non-hydrogen) atoms. The first-order valence-corrected chi connectivity index (χ1v) is 6.57. The summed E-state index contributed by atoms with van der Waals surface area (Å²) in [5.74, 6) is 0. The number of rotatable bonds is 4. The predicted molar refractivity (Wildman–Crippen MR) is 57.6 cm³/mol. The third-order valence-corrected chi connectivity index (χ3v) is 7.58. The van der Waals surface area contributed by atoms with Gasteiger partial charge in [-0.1, -0.05) is 12.7 Å². The van der Waals surface area contributed by atoms with Gasteiger partial charge in [0, 0.05) is 11.3 Å². The molecular weight excluding hydrogens is 151 g/mol. The van der Waals surface area contributed by atoms with Gasteiger partial charge in [0.1, 0.15) is 0 Å². The summed E-state index contributed by atoms with van der Waals surface area (Å²) in [4.78, 5) is 0. The van der Waals surface area contributed by atoms with Crippen LogP contribution in [0.3, 0.4) is 0 Å². The highest BCUT2D eigenvalue weighted by Crippen LogP contribution is 2.65. The number of hydrogen-bond acceptors (Lipinski definition) is 0. The van der Waals surface area contributed by atoms with Crippen molar-refractivity contribution in [2.45, 2.75) is 39.0 Å². The van der Waals surface area contributed by atoms with Gasteiger partial charge in [0.05, 0.1) is 6.16 Å². The van der Waals surface area contributed by atoms with Crippen molar-refractivity contribution >= 4 is 7.26 Å². The van der Waals surface area contributed by atoms with Crippen molar-refractivity contribution < 1.29 is 0 Å². The van der Waals surface area contributed by atoms with Crippen LogP contribution in [0.2, 0.25) is 0 Å². The Balaban J connectivity index is 4.37. The van der Waals surface area contributed by atoms with Crippen molar-refractivity contribution in [2.24, 2.45) is 0 Å². The van der Waals surface area contributed by atoms with E-state index in [-0.39, 0.29) is 0 Å². The summed E-state index contributed by atoms with van der Waals surface area (Å²) < 4.78 is 0. The second-order valence-electron chi connectivity index (χ2n) is 3.76. The van der Waals surface area contributed by atoms with E-state index in [0.29, 0.717) is 0 Å². The van der Waals surface area contributed by atoms with Gasteiger partial charge in [-0.3, -0.25) is 0 Å². The first-order chi connectivity index (χ1) is 4.95. The van der Waals surface area contributed by atoms with E-state index in [0.717, 1.165) is 17.5 Å². The molecule has 0 aromatic rings. The molecule has 0 atom stereocenters. The zero-order valence-corrected chi connectivity index (χ0v) is 9.20. The molecule has 0 N–H and O–H groups in total. The van der Waals surface area contributed by atoms with E-state index in [9.17, 15) is 0 Å². The zero-order chi connectivity index (χ0) is 9.07. The molecule has 0 spiro atoms. The van der Waals surface area contributed by atoms with Gasteiger partial charge >= 0.3 is 0 Å². The lowest BCUT2D eigenvalue weighted by Crippen LogP contribution is -2.14. The lowest BCUT2D eigenvalue weighted by Gasteiger charge is -2.37. The van der Waals surface area contributed by atoms with E-state index in [1.54, 1.807) is 0 Å². The minimum atomic E-state index is -0.981. The molecule has 0 rings (SSSR count). The molecular formula is C10H21P. The zero-order valence-electron chi connectivity index (χ0n) is 8.30. The molecule has 0 aliphatic heterocycles. The molecule has 66 valence electrons. The Labute approximate surface area is 72.4 Å². The Morgan fingerprint density at radius 1 is 1.27 bits per heavy atom. The second-order valence-corrected chi connectivity index (χ2v) is 8.40. The van der Waals surface area contributed by atoms with Crippen LogP contribution < -0.4 is 0 Å². The van der Waals surface area contributed by atoms with E-state index in [1.807, 2.05) is 6.08 Å². The smallest absolute Gasteiger partial charge is 0.0507 e. The van der Waals surface area contributed by atoms with Crippen LogP contribution in [-0.2, 0) is 0 Å². The van der Waals surface area contributed by atoms with Crippen LogP contribution in [0, 0.1) is 6.66 Å². The maximum absolute atomic E-state index is 4.40. The Hall–Kier alpha value is 0.170. The third-order valence-electron chi connectivity index (χ3n) is 2.53. The van der Waals surface area contributed by atoms with Gasteiger partial charge in [0.15, 0.2) is 0 Å². The highest BCUT2D eigenvalue weighted by molar-refractivity contribution is 7.78. The standard InChI is InChI=1S/C10H21P/c1-7-8-11(6,9(2)3)10(4)5/h7,9-10H,1,6,8H2,2-5H3. The molecule has 0 nitrogen and oxygen atoms in total. The molecule has 0 aliphatic rings. The van der Waals surface area contributed by atoms with Crippen LogP contribution in [-0.4, -0.2) is 17.5 Å². The lowest BCUT2D eigenvalue weighted by molar-refractivity contribution is 0.989. The Morgan fingerprint density at radius 2 is 1.64 bits per heavy atom. The van der Waals surface area contributed by atoms with Crippen LogP contribution >= 0.6 is 7.26 Å². The van der Waals surface area contributed by atoms with Gasteiger partial charge in [0.2, 0.25) is 0 Å². The van der Waals surface area contributed by atoms with Crippen molar-refractivity contribution in [3.05, 3.63) is 19.3 Å². The minimum Gasteiger partial charge on any atom is -0.179 e. The van der Waals surface area contributed by atoms with Gasteiger partial charge in [-0.05, 0) is 27.7 Å². The van der Waals surface area contributed by atoms with Gasteiger partial charge in [-0.25, -0.2) is 0 Å². The maximum atomic E-state index is 4.40. The molecule has 0 aromatic carbocycles. The van der Waals surface area contributed by atoms with Gasteiger partial charge in [0.25, 0.3) is 0 Å². The van der Waals surface area contributed by atoms with E-state index in [2.05, 4.69) is 40.9 Å². The molecule has 0 radical (unpaired) electrons. The molecule has 0 saturated heterocycles. The summed E-state index contributed by atoms with van der Waals surface area (Å²) in [6, 6.07) is 0. The van der Waals surface area contributed by atoms with Crippen LogP contribution in [0.4, 0.5) is 0 Å². The van der Waals surface area contributed by atoms with Gasteiger partial charge in [-0.15, -0.1) is 7.26 Å². The molecule has 0 saturated carbocycles. The van der Waals surface area contributed by atoms with Crippen LogP contribution in [0.1, 0.15) is 27.7 Å². The Kier molecular flexibility index (Phi) is 4.32. The van der Waals surface area contributed by atoms with Gasteiger partial charge in [-0.2, -0.15) is 6.66 Å². The monoisotopic (exact) mass is 172 g/mol. The van der Waals surface area contributed by atoms with E-state index >= 15 is 0 Å². The van der Waals surface area contributed by atoms with Crippen molar-refractivity contribution in [2.75, 3.05) is 6.16 Å². The number of allylic oxidation sites excluding steroid dienone is 1. The van der Waals surface area contributed by atoms with E-state index < -0.39 is 7.26 Å². The Bertz CT molecular complexity index is 117. The summed E-state index contributed by atoms with van der Waals surface area (Å²) >= 11 is 0. The molecule has 0 amide bonds. The highest BCUT2D eigenvalue weighted by atomic mass is 31.2. The van der Waals surface area contributed by atoms with Gasteiger partial charge < -0.3 is 0 Å². The third kappa shape index (κ3) is 2.60. The van der Waals surface area contributed by atoms with Crippen LogP contribution in [0.25, 0.3) is 0 Å². The first kappa shape index (κ1) is 11.2. The summed E-state index contributed by atoms with van der Waals surface area (Å²) in [6.45, 7) is 17.3. The van der Waals surface area contributed by atoms with Crippen molar-refractivity contribution in [1.29, 1.82) is 0 Å². The fourth-order valence-corrected chi connectivity index (χ4v) is 3.77. The normalized spacial score (nSPS) is 12.6. The molecule has 0 fully saturated rings. The van der Waals surface area contributed by atoms with E-state index in [4.69, 9.17) is 0 Å². The summed E-state index contributed by atoms with van der Waals surface area (Å²) in [5.41, 5.74) is 1.47. The fraction of sp³-hybridized carbons (Fsp3) is 0.700. The van der Waals surface area contributed by atoms with Crippen LogP contribution in [0.5, 0.6) is 0 Å². The average Bonchev–Trinajstić information content (AvgIpc) is 1.87. The SMILES string of the molecule is C=CC[P+]([CH2-])(C(C)C)C(C)C. The maximum Gasteiger partial charge on any atom is 0.0507 e. The van der Waals surface area contributed by atoms with Crippen molar-refractivity contribution in [1.82, 2.24) is 0 Å². The highest BCUT2D eigenvalue weighted by Gasteiger charge is 2.30. The number of hydrogen-bond donors (Lipinski definition) is 0. The molecule has 0 aromatic heterocycles. The first-order valence-electron chi connectivity index (χ1n) is 4.27. The molecule has 1 heteroatoms. The molecule has 0 heterocycles. The summed E-state index contributed by atoms with van der Waals surface area (Å²) in [6.07, 6.45) is 3.16.